The number of amides is 1. The van der Waals surface area contributed by atoms with Crippen LogP contribution in [0.5, 0.6) is 0 Å². The average Bonchev–Trinajstić information content (AvgIpc) is 2.71. The summed E-state index contributed by atoms with van der Waals surface area (Å²) in [6.45, 7) is 7.00. The lowest BCUT2D eigenvalue weighted by Crippen LogP contribution is -2.51. The standard InChI is InChI=1S/C13H26N2O2/c1-13(2,3)11(14)12(17)15-8-4-6-10(15)7-5-9-16/h10-11,16H,4-9,14H2,1-3H3. The van der Waals surface area contributed by atoms with Gasteiger partial charge in [-0.3, -0.25) is 4.79 Å². The van der Waals surface area contributed by atoms with Gasteiger partial charge in [-0.05, 0) is 31.1 Å². The van der Waals surface area contributed by atoms with Crippen molar-refractivity contribution < 1.29 is 9.90 Å². The van der Waals surface area contributed by atoms with Crippen molar-refractivity contribution in [3.05, 3.63) is 0 Å². The molecule has 0 spiro atoms. The first-order valence-corrected chi connectivity index (χ1v) is 6.55. The van der Waals surface area contributed by atoms with Crippen LogP contribution in [0, 0.1) is 5.41 Å². The molecule has 1 aliphatic rings. The van der Waals surface area contributed by atoms with E-state index in [4.69, 9.17) is 10.8 Å². The van der Waals surface area contributed by atoms with Crippen LogP contribution >= 0.6 is 0 Å². The monoisotopic (exact) mass is 242 g/mol. The maximum atomic E-state index is 12.3. The number of nitrogens with zero attached hydrogens (tertiary/aromatic N) is 1. The van der Waals surface area contributed by atoms with Crippen LogP contribution < -0.4 is 5.73 Å². The van der Waals surface area contributed by atoms with Crippen LogP contribution in [0.3, 0.4) is 0 Å². The quantitative estimate of drug-likeness (QED) is 0.776. The molecule has 1 aliphatic heterocycles. The predicted octanol–water partition coefficient (Wildman–Crippen LogP) is 1.12. The maximum absolute atomic E-state index is 12.3. The van der Waals surface area contributed by atoms with E-state index in [-0.39, 0.29) is 24.0 Å². The molecule has 1 rings (SSSR count). The minimum absolute atomic E-state index is 0.0675. The third kappa shape index (κ3) is 3.68. The maximum Gasteiger partial charge on any atom is 0.240 e. The van der Waals surface area contributed by atoms with E-state index in [1.54, 1.807) is 0 Å². The van der Waals surface area contributed by atoms with Gasteiger partial charge < -0.3 is 15.7 Å². The summed E-state index contributed by atoms with van der Waals surface area (Å²) in [5, 5.41) is 8.86. The summed E-state index contributed by atoms with van der Waals surface area (Å²) in [6.07, 6.45) is 3.75. The number of carbonyl (C=O) groups is 1. The van der Waals surface area contributed by atoms with E-state index < -0.39 is 6.04 Å². The Labute approximate surface area is 104 Å². The lowest BCUT2D eigenvalue weighted by atomic mass is 9.86. The van der Waals surface area contributed by atoms with Gasteiger partial charge in [-0.2, -0.15) is 0 Å². The Kier molecular flexibility index (Phi) is 4.95. The van der Waals surface area contributed by atoms with E-state index in [0.29, 0.717) is 0 Å². The van der Waals surface area contributed by atoms with Crippen LogP contribution in [-0.4, -0.2) is 41.1 Å². The summed E-state index contributed by atoms with van der Waals surface area (Å²) in [6, 6.07) is -0.153. The topological polar surface area (TPSA) is 66.6 Å². The minimum atomic E-state index is -0.433. The number of aliphatic hydroxyl groups is 1. The number of aliphatic hydroxyl groups excluding tert-OH is 1. The highest BCUT2D eigenvalue weighted by atomic mass is 16.3. The van der Waals surface area contributed by atoms with Crippen LogP contribution in [0.2, 0.25) is 0 Å². The summed E-state index contributed by atoms with van der Waals surface area (Å²) in [5.41, 5.74) is 5.83. The fourth-order valence-electron chi connectivity index (χ4n) is 2.30. The first-order chi connectivity index (χ1) is 7.88. The zero-order valence-electron chi connectivity index (χ0n) is 11.3. The summed E-state index contributed by atoms with van der Waals surface area (Å²) in [4.78, 5) is 14.2. The van der Waals surface area contributed by atoms with Gasteiger partial charge in [0.25, 0.3) is 0 Å². The summed E-state index contributed by atoms with van der Waals surface area (Å²) in [5.74, 6) is 0.0675. The lowest BCUT2D eigenvalue weighted by molar-refractivity contribution is -0.135. The molecule has 3 N–H and O–H groups in total. The van der Waals surface area contributed by atoms with Crippen molar-refractivity contribution in [2.75, 3.05) is 13.2 Å². The second-order valence-electron chi connectivity index (χ2n) is 6.04. The molecule has 1 fully saturated rings. The zero-order valence-corrected chi connectivity index (χ0v) is 11.3. The van der Waals surface area contributed by atoms with Gasteiger partial charge in [-0.25, -0.2) is 0 Å². The van der Waals surface area contributed by atoms with Crippen LogP contribution in [0.15, 0.2) is 0 Å². The molecule has 1 amide bonds. The Morgan fingerprint density at radius 3 is 2.71 bits per heavy atom. The highest BCUT2D eigenvalue weighted by Gasteiger charge is 2.35. The van der Waals surface area contributed by atoms with Gasteiger partial charge in [0.15, 0.2) is 0 Å². The predicted molar refractivity (Wildman–Crippen MR) is 68.5 cm³/mol. The van der Waals surface area contributed by atoms with Gasteiger partial charge in [0.05, 0.1) is 6.04 Å². The van der Waals surface area contributed by atoms with Crippen LogP contribution in [0.25, 0.3) is 0 Å². The first kappa shape index (κ1) is 14.5. The molecule has 4 nitrogen and oxygen atoms in total. The number of rotatable bonds is 4. The molecule has 2 atom stereocenters. The first-order valence-electron chi connectivity index (χ1n) is 6.55. The fourth-order valence-corrected chi connectivity index (χ4v) is 2.30. The molecular weight excluding hydrogens is 216 g/mol. The summed E-state index contributed by atoms with van der Waals surface area (Å²) < 4.78 is 0. The molecule has 1 saturated heterocycles. The molecule has 0 radical (unpaired) electrons. The third-order valence-corrected chi connectivity index (χ3v) is 3.55. The molecule has 2 unspecified atom stereocenters. The summed E-state index contributed by atoms with van der Waals surface area (Å²) in [7, 11) is 0. The fraction of sp³-hybridized carbons (Fsp3) is 0.923. The number of carbonyl (C=O) groups excluding carboxylic acids is 1. The Balaban J connectivity index is 2.61. The Hall–Kier alpha value is -0.610. The van der Waals surface area contributed by atoms with E-state index in [1.807, 2.05) is 25.7 Å². The largest absolute Gasteiger partial charge is 0.396 e. The van der Waals surface area contributed by atoms with Gasteiger partial charge in [-0.15, -0.1) is 0 Å². The Morgan fingerprint density at radius 2 is 2.18 bits per heavy atom. The van der Waals surface area contributed by atoms with Gasteiger partial charge in [-0.1, -0.05) is 20.8 Å². The SMILES string of the molecule is CC(C)(C)C(N)C(=O)N1CCCC1CCCO. The molecule has 0 aromatic heterocycles. The number of hydrogen-bond acceptors (Lipinski definition) is 3. The average molecular weight is 242 g/mol. The van der Waals surface area contributed by atoms with E-state index in [9.17, 15) is 4.79 Å². The van der Waals surface area contributed by atoms with Crippen molar-refractivity contribution in [1.29, 1.82) is 0 Å². The van der Waals surface area contributed by atoms with Crippen LogP contribution in [0.1, 0.15) is 46.5 Å². The second-order valence-corrected chi connectivity index (χ2v) is 6.04. The normalized spacial score (nSPS) is 22.9. The van der Waals surface area contributed by atoms with Gasteiger partial charge in [0.2, 0.25) is 5.91 Å². The summed E-state index contributed by atoms with van der Waals surface area (Å²) >= 11 is 0. The van der Waals surface area contributed by atoms with Crippen molar-refractivity contribution in [3.63, 3.8) is 0 Å². The van der Waals surface area contributed by atoms with Crippen molar-refractivity contribution in [1.82, 2.24) is 4.90 Å². The third-order valence-electron chi connectivity index (χ3n) is 3.55. The van der Waals surface area contributed by atoms with Crippen molar-refractivity contribution in [3.8, 4) is 0 Å². The molecule has 0 bridgehead atoms. The highest BCUT2D eigenvalue weighted by Crippen LogP contribution is 2.26. The minimum Gasteiger partial charge on any atom is -0.396 e. The van der Waals surface area contributed by atoms with E-state index in [2.05, 4.69) is 0 Å². The molecule has 4 heteroatoms. The van der Waals surface area contributed by atoms with Crippen LogP contribution in [0.4, 0.5) is 0 Å². The number of hydrogen-bond donors (Lipinski definition) is 2. The molecule has 0 aromatic carbocycles. The van der Waals surface area contributed by atoms with E-state index >= 15 is 0 Å². The highest BCUT2D eigenvalue weighted by molar-refractivity contribution is 5.83. The smallest absolute Gasteiger partial charge is 0.240 e. The Bertz CT molecular complexity index is 261. The molecule has 0 saturated carbocycles. The van der Waals surface area contributed by atoms with Crippen LogP contribution in [-0.2, 0) is 4.79 Å². The van der Waals surface area contributed by atoms with Crippen molar-refractivity contribution in [2.45, 2.75) is 58.5 Å². The van der Waals surface area contributed by atoms with E-state index in [1.165, 1.54) is 0 Å². The van der Waals surface area contributed by atoms with Crippen molar-refractivity contribution in [2.24, 2.45) is 11.1 Å². The molecule has 1 heterocycles. The molecule has 17 heavy (non-hydrogen) atoms. The molecule has 0 aliphatic carbocycles. The van der Waals surface area contributed by atoms with Gasteiger partial charge >= 0.3 is 0 Å². The molecule has 0 aromatic rings. The van der Waals surface area contributed by atoms with E-state index in [0.717, 1.165) is 32.2 Å². The second kappa shape index (κ2) is 5.83. The zero-order chi connectivity index (χ0) is 13.1. The Morgan fingerprint density at radius 1 is 1.53 bits per heavy atom. The number of nitrogens with two attached hydrogens (primary N) is 1. The molecular formula is C13H26N2O2. The van der Waals surface area contributed by atoms with Crippen molar-refractivity contribution >= 4 is 5.91 Å². The lowest BCUT2D eigenvalue weighted by Gasteiger charge is -2.33. The van der Waals surface area contributed by atoms with Gasteiger partial charge in [0.1, 0.15) is 0 Å². The molecule has 100 valence electrons. The number of likely N-dealkylation sites (tertiary alicyclic amines) is 1. The van der Waals surface area contributed by atoms with Gasteiger partial charge in [0, 0.05) is 19.2 Å².